The van der Waals surface area contributed by atoms with Gasteiger partial charge < -0.3 is 19.7 Å². The van der Waals surface area contributed by atoms with Gasteiger partial charge in [0.15, 0.2) is 0 Å². The van der Waals surface area contributed by atoms with E-state index in [1.807, 2.05) is 12.3 Å². The van der Waals surface area contributed by atoms with Gasteiger partial charge in [-0.1, -0.05) is 0 Å². The standard InChI is InChI=1S/C26H33N7O4S.ClH/c1-32(25(34)21-7-5-10-37-21)16-18-12-17-6-4-9-33(23(17)31-24(18)36-2)26(35)30-22-13-20(28-8-11-38-3)19(14-27)15-29-22;/h12-13,15,21H,4-11,16H2,1-3H3,(H2,28,29,30,35);1H/t21-;/m1./s1. The van der Waals surface area contributed by atoms with Crippen LogP contribution < -0.4 is 20.3 Å². The number of aromatic nitrogens is 2. The highest BCUT2D eigenvalue weighted by molar-refractivity contribution is 7.98. The Labute approximate surface area is 239 Å². The number of nitrogens with zero attached hydrogens (tertiary/aromatic N) is 5. The summed E-state index contributed by atoms with van der Waals surface area (Å²) in [5.41, 5.74) is 2.72. The summed E-state index contributed by atoms with van der Waals surface area (Å²) in [5, 5.41) is 15.5. The molecule has 0 spiro atoms. The molecule has 210 valence electrons. The number of aryl methyl sites for hydroxylation is 1. The summed E-state index contributed by atoms with van der Waals surface area (Å²) in [6.45, 7) is 2.11. The molecule has 2 N–H and O–H groups in total. The molecule has 0 bridgehead atoms. The number of anilines is 3. The summed E-state index contributed by atoms with van der Waals surface area (Å²) in [6.07, 6.45) is 6.20. The van der Waals surface area contributed by atoms with E-state index in [0.717, 1.165) is 42.6 Å². The highest BCUT2D eigenvalue weighted by Gasteiger charge is 2.29. The maximum Gasteiger partial charge on any atom is 0.328 e. The largest absolute Gasteiger partial charge is 0.481 e. The summed E-state index contributed by atoms with van der Waals surface area (Å²) in [4.78, 5) is 38.2. The summed E-state index contributed by atoms with van der Waals surface area (Å²) in [7, 11) is 3.27. The molecule has 4 heterocycles. The van der Waals surface area contributed by atoms with Gasteiger partial charge in [-0.25, -0.2) is 9.78 Å². The fourth-order valence-electron chi connectivity index (χ4n) is 4.59. The van der Waals surface area contributed by atoms with Crippen LogP contribution in [0.25, 0.3) is 0 Å². The average Bonchev–Trinajstić information content (AvgIpc) is 3.47. The number of pyridine rings is 2. The first-order chi connectivity index (χ1) is 18.4. The quantitative estimate of drug-likeness (QED) is 0.430. The number of carbonyl (C=O) groups is 2. The number of carbonyl (C=O) groups excluding carboxylic acids is 2. The lowest BCUT2D eigenvalue weighted by Gasteiger charge is -2.30. The first kappa shape index (κ1) is 30.3. The average molecular weight is 576 g/mol. The fraction of sp³-hybridized carbons (Fsp3) is 0.500. The van der Waals surface area contributed by atoms with Gasteiger partial charge >= 0.3 is 6.03 Å². The first-order valence-electron chi connectivity index (χ1n) is 12.6. The van der Waals surface area contributed by atoms with Crippen molar-refractivity contribution < 1.29 is 19.1 Å². The third-order valence-electron chi connectivity index (χ3n) is 6.51. The molecule has 1 saturated heterocycles. The summed E-state index contributed by atoms with van der Waals surface area (Å²) < 4.78 is 11.1. The van der Waals surface area contributed by atoms with Crippen LogP contribution in [-0.2, 0) is 22.5 Å². The molecule has 0 saturated carbocycles. The Morgan fingerprint density at radius 1 is 1.36 bits per heavy atom. The number of methoxy groups -OCH3 is 1. The highest BCUT2D eigenvalue weighted by atomic mass is 35.5. The van der Waals surface area contributed by atoms with E-state index in [9.17, 15) is 14.9 Å². The molecule has 2 aromatic rings. The van der Waals surface area contributed by atoms with E-state index >= 15 is 0 Å². The molecule has 0 unspecified atom stereocenters. The Bertz CT molecular complexity index is 1220. The van der Waals surface area contributed by atoms with E-state index in [-0.39, 0.29) is 24.3 Å². The molecule has 0 aliphatic carbocycles. The van der Waals surface area contributed by atoms with Crippen molar-refractivity contribution >= 4 is 53.4 Å². The first-order valence-corrected chi connectivity index (χ1v) is 14.0. The van der Waals surface area contributed by atoms with Gasteiger partial charge in [0.05, 0.1) is 24.9 Å². The predicted molar refractivity (Wildman–Crippen MR) is 154 cm³/mol. The van der Waals surface area contributed by atoms with Crippen LogP contribution >= 0.6 is 24.2 Å². The molecule has 13 heteroatoms. The van der Waals surface area contributed by atoms with Crippen molar-refractivity contribution in [3.63, 3.8) is 0 Å². The summed E-state index contributed by atoms with van der Waals surface area (Å²) in [5.74, 6) is 2.06. The molecule has 0 aromatic carbocycles. The van der Waals surface area contributed by atoms with Crippen LogP contribution in [0.2, 0.25) is 0 Å². The van der Waals surface area contributed by atoms with E-state index in [4.69, 9.17) is 9.47 Å². The third kappa shape index (κ3) is 7.23. The number of hydrogen-bond donors (Lipinski definition) is 2. The van der Waals surface area contributed by atoms with Crippen molar-refractivity contribution in [1.82, 2.24) is 14.9 Å². The Hall–Kier alpha value is -3.27. The zero-order chi connectivity index (χ0) is 27.1. The number of thioether (sulfide) groups is 1. The molecule has 2 aromatic heterocycles. The molecule has 2 aliphatic rings. The molecule has 1 fully saturated rings. The van der Waals surface area contributed by atoms with E-state index in [1.54, 1.807) is 34.7 Å². The van der Waals surface area contributed by atoms with Crippen LogP contribution in [0.4, 0.5) is 22.1 Å². The smallest absolute Gasteiger partial charge is 0.328 e. The summed E-state index contributed by atoms with van der Waals surface area (Å²) in [6, 6.07) is 5.39. The van der Waals surface area contributed by atoms with Gasteiger partial charge in [-0.05, 0) is 43.6 Å². The number of urea groups is 1. The zero-order valence-corrected chi connectivity index (χ0v) is 24.0. The third-order valence-corrected chi connectivity index (χ3v) is 7.12. The van der Waals surface area contributed by atoms with Crippen molar-refractivity contribution in [3.05, 3.63) is 35.0 Å². The second-order valence-corrected chi connectivity index (χ2v) is 10.2. The normalized spacial score (nSPS) is 15.9. The molecule has 4 rings (SSSR count). The number of amides is 3. The van der Waals surface area contributed by atoms with Gasteiger partial charge in [-0.2, -0.15) is 22.0 Å². The van der Waals surface area contributed by atoms with Crippen molar-refractivity contribution in [2.45, 2.75) is 38.3 Å². The minimum absolute atomic E-state index is 0. The van der Waals surface area contributed by atoms with E-state index < -0.39 is 6.10 Å². The van der Waals surface area contributed by atoms with Gasteiger partial charge in [0.25, 0.3) is 5.91 Å². The molecule has 2 aliphatic heterocycles. The molecule has 1 atom stereocenters. The maximum absolute atomic E-state index is 13.3. The lowest BCUT2D eigenvalue weighted by Crippen LogP contribution is -2.40. The number of fused-ring (bicyclic) bond motifs is 1. The number of halogens is 1. The second-order valence-electron chi connectivity index (χ2n) is 9.17. The monoisotopic (exact) mass is 575 g/mol. The second kappa shape index (κ2) is 14.2. The van der Waals surface area contributed by atoms with Gasteiger partial charge in [-0.15, -0.1) is 12.4 Å². The van der Waals surface area contributed by atoms with Crippen molar-refractivity contribution in [1.29, 1.82) is 5.26 Å². The molecular formula is C26H34ClN7O4S. The van der Waals surface area contributed by atoms with E-state index in [2.05, 4.69) is 26.7 Å². The number of hydrogen-bond acceptors (Lipinski definition) is 9. The number of likely N-dealkylation sites (N-methyl/N-ethyl adjacent to an activating group) is 1. The Morgan fingerprint density at radius 3 is 2.87 bits per heavy atom. The molecule has 39 heavy (non-hydrogen) atoms. The molecule has 0 radical (unpaired) electrons. The maximum atomic E-state index is 13.3. The van der Waals surface area contributed by atoms with Gasteiger partial charge in [0.1, 0.15) is 23.8 Å². The van der Waals surface area contributed by atoms with Crippen molar-refractivity contribution in [2.24, 2.45) is 0 Å². The Balaban J connectivity index is 0.00000420. The van der Waals surface area contributed by atoms with Crippen LogP contribution in [-0.4, -0.2) is 78.8 Å². The number of rotatable bonds is 9. The minimum Gasteiger partial charge on any atom is -0.481 e. The zero-order valence-electron chi connectivity index (χ0n) is 22.4. The van der Waals surface area contributed by atoms with Crippen LogP contribution in [0.1, 0.15) is 36.0 Å². The fourth-order valence-corrected chi connectivity index (χ4v) is 4.90. The molecular weight excluding hydrogens is 542 g/mol. The van der Waals surface area contributed by atoms with Crippen molar-refractivity contribution in [3.8, 4) is 11.9 Å². The minimum atomic E-state index is -0.396. The van der Waals surface area contributed by atoms with Crippen LogP contribution in [0, 0.1) is 11.3 Å². The molecule has 11 nitrogen and oxygen atoms in total. The lowest BCUT2D eigenvalue weighted by molar-refractivity contribution is -0.140. The Kier molecular flexibility index (Phi) is 11.0. The van der Waals surface area contributed by atoms with Gasteiger partial charge in [0, 0.05) is 50.3 Å². The number of nitrogens with one attached hydrogen (secondary N) is 2. The molecule has 3 amide bonds. The highest BCUT2D eigenvalue weighted by Crippen LogP contribution is 2.32. The lowest BCUT2D eigenvalue weighted by atomic mass is 10.0. The Morgan fingerprint density at radius 2 is 2.18 bits per heavy atom. The predicted octanol–water partition coefficient (Wildman–Crippen LogP) is 3.68. The van der Waals surface area contributed by atoms with Gasteiger partial charge in [-0.3, -0.25) is 15.0 Å². The topological polar surface area (TPSA) is 133 Å². The van der Waals surface area contributed by atoms with Crippen LogP contribution in [0.3, 0.4) is 0 Å². The van der Waals surface area contributed by atoms with Crippen LogP contribution in [0.15, 0.2) is 18.3 Å². The van der Waals surface area contributed by atoms with Gasteiger partial charge in [0.2, 0.25) is 5.88 Å². The van der Waals surface area contributed by atoms with Crippen molar-refractivity contribution in [2.75, 3.05) is 61.4 Å². The van der Waals surface area contributed by atoms with E-state index in [1.165, 1.54) is 13.3 Å². The SMILES string of the molecule is COc1nc2c(cc1CN(C)C(=O)[C@H]1CCCO1)CCCN2C(=O)Nc1cc(NCCSC)c(C#N)cn1.Cl. The van der Waals surface area contributed by atoms with Crippen LogP contribution in [0.5, 0.6) is 5.88 Å². The number of ether oxygens (including phenoxy) is 2. The summed E-state index contributed by atoms with van der Waals surface area (Å²) >= 11 is 1.70. The number of nitriles is 1. The van der Waals surface area contributed by atoms with E-state index in [0.29, 0.717) is 55.0 Å².